The van der Waals surface area contributed by atoms with Crippen molar-refractivity contribution in [2.75, 3.05) is 6.54 Å². The third-order valence-corrected chi connectivity index (χ3v) is 1.64. The van der Waals surface area contributed by atoms with Gasteiger partial charge in [0.15, 0.2) is 0 Å². The fraction of sp³-hybridized carbons (Fsp3) is 0.600. The van der Waals surface area contributed by atoms with Crippen molar-refractivity contribution >= 4 is 11.8 Å². The minimum atomic E-state index is -1.21. The predicted octanol–water partition coefficient (Wildman–Crippen LogP) is 0.748. The van der Waals surface area contributed by atoms with E-state index in [0.717, 1.165) is 0 Å². The van der Waals surface area contributed by atoms with E-state index in [1.165, 1.54) is 6.92 Å². The standard InChI is InChI=1S/C9H17N3O2.CH4/c1-7(10)12-6-4-3-5-9(2,11)8(13)14;/h3-4H,5-6,11H2,1-2H3,(H2,10,12)(H,13,14);1H4/b4-3+;/t9-;/m0./s1. The highest BCUT2D eigenvalue weighted by atomic mass is 16.4. The molecule has 5 nitrogen and oxygen atoms in total. The third kappa shape index (κ3) is 7.69. The highest BCUT2D eigenvalue weighted by molar-refractivity contribution is 5.78. The van der Waals surface area contributed by atoms with Crippen molar-refractivity contribution in [3.8, 4) is 0 Å². The molecular formula is C10H21N3O2. The monoisotopic (exact) mass is 215 g/mol. The van der Waals surface area contributed by atoms with Crippen molar-refractivity contribution in [2.24, 2.45) is 16.5 Å². The first-order chi connectivity index (χ1) is 6.36. The molecule has 0 amide bonds. The highest BCUT2D eigenvalue weighted by Gasteiger charge is 2.25. The van der Waals surface area contributed by atoms with Crippen LogP contribution in [-0.4, -0.2) is 29.0 Å². The van der Waals surface area contributed by atoms with Crippen LogP contribution >= 0.6 is 0 Å². The molecule has 0 fully saturated rings. The van der Waals surface area contributed by atoms with E-state index in [-0.39, 0.29) is 13.8 Å². The number of aliphatic carboxylic acids is 1. The molecule has 0 aliphatic carbocycles. The largest absolute Gasteiger partial charge is 0.480 e. The van der Waals surface area contributed by atoms with Crippen LogP contribution in [0.25, 0.3) is 0 Å². The summed E-state index contributed by atoms with van der Waals surface area (Å²) in [6.45, 7) is 3.62. The minimum absolute atomic E-state index is 0. The summed E-state index contributed by atoms with van der Waals surface area (Å²) in [5.74, 6) is -0.510. The molecule has 0 aliphatic rings. The van der Waals surface area contributed by atoms with Crippen LogP contribution in [0.3, 0.4) is 0 Å². The first-order valence-corrected chi connectivity index (χ1v) is 4.30. The molecule has 0 aromatic carbocycles. The lowest BCUT2D eigenvalue weighted by molar-refractivity contribution is -0.142. The smallest absolute Gasteiger partial charge is 0.323 e. The van der Waals surface area contributed by atoms with Crippen LogP contribution in [0.4, 0.5) is 0 Å². The molecule has 15 heavy (non-hydrogen) atoms. The van der Waals surface area contributed by atoms with Gasteiger partial charge in [0, 0.05) is 0 Å². The van der Waals surface area contributed by atoms with Crippen molar-refractivity contribution in [2.45, 2.75) is 33.2 Å². The molecule has 0 heterocycles. The predicted molar refractivity (Wildman–Crippen MR) is 62.9 cm³/mol. The molecule has 0 saturated carbocycles. The number of nitrogens with two attached hydrogens (primary N) is 2. The second-order valence-electron chi connectivity index (χ2n) is 3.38. The van der Waals surface area contributed by atoms with E-state index in [0.29, 0.717) is 12.4 Å². The average Bonchev–Trinajstić information content (AvgIpc) is 2.02. The van der Waals surface area contributed by atoms with Gasteiger partial charge in [-0.15, -0.1) is 0 Å². The van der Waals surface area contributed by atoms with Gasteiger partial charge in [0.1, 0.15) is 5.54 Å². The van der Waals surface area contributed by atoms with Crippen LogP contribution in [0.15, 0.2) is 17.1 Å². The number of carboxylic acids is 1. The van der Waals surface area contributed by atoms with Gasteiger partial charge < -0.3 is 16.6 Å². The zero-order valence-electron chi connectivity index (χ0n) is 8.53. The Morgan fingerprint density at radius 3 is 2.47 bits per heavy atom. The maximum Gasteiger partial charge on any atom is 0.323 e. The molecule has 0 spiro atoms. The number of hydrogen-bond acceptors (Lipinski definition) is 3. The van der Waals surface area contributed by atoms with Crippen LogP contribution in [0.5, 0.6) is 0 Å². The van der Waals surface area contributed by atoms with Crippen molar-refractivity contribution < 1.29 is 9.90 Å². The Morgan fingerprint density at radius 2 is 2.07 bits per heavy atom. The van der Waals surface area contributed by atoms with Crippen LogP contribution in [0.2, 0.25) is 0 Å². The minimum Gasteiger partial charge on any atom is -0.480 e. The molecule has 0 radical (unpaired) electrons. The van der Waals surface area contributed by atoms with E-state index >= 15 is 0 Å². The fourth-order valence-corrected chi connectivity index (χ4v) is 0.687. The third-order valence-electron chi connectivity index (χ3n) is 1.64. The normalized spacial score (nSPS) is 15.8. The van der Waals surface area contributed by atoms with E-state index in [2.05, 4.69) is 4.99 Å². The zero-order valence-corrected chi connectivity index (χ0v) is 8.53. The summed E-state index contributed by atoms with van der Waals surface area (Å²) in [5.41, 5.74) is 9.59. The quantitative estimate of drug-likeness (QED) is 0.358. The van der Waals surface area contributed by atoms with E-state index < -0.39 is 11.5 Å². The second kappa shape index (κ2) is 7.00. The SMILES string of the molecule is C.CC(N)=NC/C=C/C[C@](C)(N)C(=O)O. The number of rotatable bonds is 5. The second-order valence-corrected chi connectivity index (χ2v) is 3.38. The number of hydrogen-bond donors (Lipinski definition) is 3. The highest BCUT2D eigenvalue weighted by Crippen LogP contribution is 2.06. The van der Waals surface area contributed by atoms with Gasteiger partial charge in [-0.3, -0.25) is 9.79 Å². The van der Waals surface area contributed by atoms with E-state index in [9.17, 15) is 4.79 Å². The van der Waals surface area contributed by atoms with Gasteiger partial charge in [0.25, 0.3) is 0 Å². The van der Waals surface area contributed by atoms with E-state index in [4.69, 9.17) is 16.6 Å². The summed E-state index contributed by atoms with van der Waals surface area (Å²) in [6, 6.07) is 0. The Labute approximate surface area is 90.9 Å². The molecule has 88 valence electrons. The molecule has 5 heteroatoms. The first kappa shape index (κ1) is 16.1. The number of aliphatic imine (C=N–C) groups is 1. The number of carbonyl (C=O) groups is 1. The van der Waals surface area contributed by atoms with Gasteiger partial charge in [-0.2, -0.15) is 0 Å². The molecule has 0 unspecified atom stereocenters. The molecule has 0 bridgehead atoms. The fourth-order valence-electron chi connectivity index (χ4n) is 0.687. The van der Waals surface area contributed by atoms with Crippen molar-refractivity contribution in [1.29, 1.82) is 0 Å². The van der Waals surface area contributed by atoms with Gasteiger partial charge in [0.2, 0.25) is 0 Å². The zero-order chi connectivity index (χ0) is 11.2. The lowest BCUT2D eigenvalue weighted by Gasteiger charge is -2.15. The number of nitrogens with zero attached hydrogens (tertiary/aromatic N) is 1. The summed E-state index contributed by atoms with van der Waals surface area (Å²) in [5, 5.41) is 8.68. The molecule has 5 N–H and O–H groups in total. The average molecular weight is 215 g/mol. The maximum atomic E-state index is 10.6. The summed E-state index contributed by atoms with van der Waals surface area (Å²) in [7, 11) is 0. The Morgan fingerprint density at radius 1 is 1.53 bits per heavy atom. The Kier molecular flexibility index (Phi) is 7.51. The summed E-state index contributed by atoms with van der Waals surface area (Å²) < 4.78 is 0. The number of amidine groups is 1. The summed E-state index contributed by atoms with van der Waals surface area (Å²) in [4.78, 5) is 14.5. The van der Waals surface area contributed by atoms with Crippen LogP contribution < -0.4 is 11.5 Å². The lowest BCUT2D eigenvalue weighted by Crippen LogP contribution is -2.44. The van der Waals surface area contributed by atoms with Gasteiger partial charge in [-0.1, -0.05) is 19.6 Å². The van der Waals surface area contributed by atoms with Gasteiger partial charge in [-0.25, -0.2) is 0 Å². The van der Waals surface area contributed by atoms with Gasteiger partial charge in [0.05, 0.1) is 12.4 Å². The van der Waals surface area contributed by atoms with Crippen molar-refractivity contribution in [3.05, 3.63) is 12.2 Å². The van der Waals surface area contributed by atoms with E-state index in [1.54, 1.807) is 19.1 Å². The molecule has 0 aliphatic heterocycles. The molecule has 0 saturated heterocycles. The Bertz CT molecular complexity index is 253. The molecular weight excluding hydrogens is 194 g/mol. The first-order valence-electron chi connectivity index (χ1n) is 4.30. The van der Waals surface area contributed by atoms with E-state index in [1.807, 2.05) is 0 Å². The number of carboxylic acid groups (broad SMARTS) is 1. The molecule has 1 atom stereocenters. The van der Waals surface area contributed by atoms with Crippen LogP contribution in [0, 0.1) is 0 Å². The molecule has 0 rings (SSSR count). The molecule has 0 aromatic rings. The topological polar surface area (TPSA) is 102 Å². The Balaban J connectivity index is 0. The van der Waals surface area contributed by atoms with Crippen molar-refractivity contribution in [1.82, 2.24) is 0 Å². The summed E-state index contributed by atoms with van der Waals surface area (Å²) >= 11 is 0. The van der Waals surface area contributed by atoms with Gasteiger partial charge >= 0.3 is 5.97 Å². The van der Waals surface area contributed by atoms with Crippen LogP contribution in [0.1, 0.15) is 27.7 Å². The lowest BCUT2D eigenvalue weighted by atomic mass is 10.00. The Hall–Kier alpha value is -1.36. The van der Waals surface area contributed by atoms with Crippen molar-refractivity contribution in [3.63, 3.8) is 0 Å². The summed E-state index contributed by atoms with van der Waals surface area (Å²) in [6.07, 6.45) is 3.71. The molecule has 0 aromatic heterocycles. The van der Waals surface area contributed by atoms with Crippen LogP contribution in [-0.2, 0) is 4.79 Å². The van der Waals surface area contributed by atoms with Gasteiger partial charge in [-0.05, 0) is 20.3 Å². The maximum absolute atomic E-state index is 10.6.